The van der Waals surface area contributed by atoms with E-state index in [-0.39, 0.29) is 36.2 Å². The molecule has 2 fully saturated rings. The van der Waals surface area contributed by atoms with Gasteiger partial charge in [0.15, 0.2) is 0 Å². The van der Waals surface area contributed by atoms with Gasteiger partial charge in [0.2, 0.25) is 5.91 Å². The minimum Gasteiger partial charge on any atom is -0.481 e. The van der Waals surface area contributed by atoms with Crippen molar-refractivity contribution in [3.63, 3.8) is 0 Å². The van der Waals surface area contributed by atoms with Crippen LogP contribution < -0.4 is 0 Å². The molecule has 1 saturated carbocycles. The van der Waals surface area contributed by atoms with E-state index < -0.39 is 17.5 Å². The summed E-state index contributed by atoms with van der Waals surface area (Å²) in [6, 6.07) is 14.3. The van der Waals surface area contributed by atoms with Crippen LogP contribution in [0.1, 0.15) is 69.0 Å². The Hall–Kier alpha value is -2.08. The highest BCUT2D eigenvalue weighted by molar-refractivity contribution is 6.30. The van der Waals surface area contributed by atoms with Crippen LogP contribution in [0.15, 0.2) is 48.5 Å². The molecule has 4 rings (SSSR count). The molecule has 1 heterocycles. The molecule has 2 aromatic rings. The summed E-state index contributed by atoms with van der Waals surface area (Å²) >= 11 is 12.5. The van der Waals surface area contributed by atoms with Crippen molar-refractivity contribution in [2.24, 2.45) is 11.3 Å². The number of piperidine rings is 1. The number of aliphatic hydroxyl groups is 1. The van der Waals surface area contributed by atoms with Crippen molar-refractivity contribution < 1.29 is 19.8 Å². The van der Waals surface area contributed by atoms with E-state index in [1.54, 1.807) is 13.0 Å². The number of carboxylic acids is 1. The van der Waals surface area contributed by atoms with Crippen LogP contribution in [0, 0.1) is 11.3 Å². The predicted octanol–water partition coefficient (Wildman–Crippen LogP) is 6.08. The van der Waals surface area contributed by atoms with E-state index in [4.69, 9.17) is 23.2 Å². The van der Waals surface area contributed by atoms with Gasteiger partial charge in [-0.25, -0.2) is 0 Å². The number of carbonyl (C=O) groups is 2. The molecule has 1 saturated heterocycles. The summed E-state index contributed by atoms with van der Waals surface area (Å²) in [7, 11) is 0. The van der Waals surface area contributed by atoms with Gasteiger partial charge in [-0.3, -0.25) is 9.59 Å². The van der Waals surface area contributed by atoms with E-state index in [0.29, 0.717) is 22.9 Å². The number of benzene rings is 2. The lowest BCUT2D eigenvalue weighted by Gasteiger charge is -2.53. The normalized spacial score (nSPS) is 26.9. The number of likely N-dealkylation sites (tertiary alicyclic amines) is 1. The highest BCUT2D eigenvalue weighted by atomic mass is 35.5. The van der Waals surface area contributed by atoms with Crippen LogP contribution in [0.2, 0.25) is 10.0 Å². The lowest BCUT2D eigenvalue weighted by atomic mass is 9.66. The zero-order valence-corrected chi connectivity index (χ0v) is 21.0. The SMILES string of the molecule is CC[C@@H](O)[C@H](C1CC1)N1C(=O)[C@](C)(CC(=O)O)C[C@H](c2cccc(Cl)c2)[C@H]1c1ccc(Cl)cc1. The molecule has 182 valence electrons. The third-order valence-electron chi connectivity index (χ3n) is 7.37. The second kappa shape index (κ2) is 9.88. The Morgan fingerprint density at radius 1 is 1.12 bits per heavy atom. The Balaban J connectivity index is 1.92. The van der Waals surface area contributed by atoms with Crippen molar-refractivity contribution in [2.75, 3.05) is 0 Å². The maximum atomic E-state index is 14.2. The number of hydrogen-bond acceptors (Lipinski definition) is 3. The topological polar surface area (TPSA) is 77.8 Å². The zero-order chi connectivity index (χ0) is 24.6. The largest absolute Gasteiger partial charge is 0.481 e. The molecule has 2 aliphatic rings. The van der Waals surface area contributed by atoms with Crippen molar-refractivity contribution in [3.05, 3.63) is 69.7 Å². The molecule has 1 aliphatic heterocycles. The number of amides is 1. The minimum atomic E-state index is -1.11. The first-order valence-electron chi connectivity index (χ1n) is 11.9. The summed E-state index contributed by atoms with van der Waals surface area (Å²) in [6.07, 6.45) is 1.79. The fraction of sp³-hybridized carbons (Fsp3) is 0.481. The van der Waals surface area contributed by atoms with Crippen LogP contribution in [-0.4, -0.2) is 39.1 Å². The lowest BCUT2D eigenvalue weighted by Crippen LogP contribution is -2.59. The van der Waals surface area contributed by atoms with E-state index >= 15 is 0 Å². The maximum absolute atomic E-state index is 14.2. The molecule has 0 aromatic heterocycles. The lowest BCUT2D eigenvalue weighted by molar-refractivity contribution is -0.164. The van der Waals surface area contributed by atoms with Gasteiger partial charge >= 0.3 is 5.97 Å². The van der Waals surface area contributed by atoms with Gasteiger partial charge < -0.3 is 15.1 Å². The van der Waals surface area contributed by atoms with Crippen molar-refractivity contribution >= 4 is 35.1 Å². The summed E-state index contributed by atoms with van der Waals surface area (Å²) in [5.74, 6) is -1.23. The maximum Gasteiger partial charge on any atom is 0.304 e. The van der Waals surface area contributed by atoms with E-state index in [1.165, 1.54) is 0 Å². The van der Waals surface area contributed by atoms with Crippen molar-refractivity contribution in [2.45, 2.75) is 70.1 Å². The Kier molecular flexibility index (Phi) is 7.28. The number of carboxylic acid groups (broad SMARTS) is 1. The Morgan fingerprint density at radius 2 is 1.79 bits per heavy atom. The molecule has 1 amide bonds. The average molecular weight is 504 g/mol. The second-order valence-corrected chi connectivity index (χ2v) is 10.9. The van der Waals surface area contributed by atoms with E-state index in [0.717, 1.165) is 24.0 Å². The fourth-order valence-electron chi connectivity index (χ4n) is 5.61. The van der Waals surface area contributed by atoms with Gasteiger partial charge in [0, 0.05) is 16.0 Å². The van der Waals surface area contributed by atoms with Gasteiger partial charge in [-0.1, -0.05) is 61.3 Å². The molecule has 0 spiro atoms. The van der Waals surface area contributed by atoms with Gasteiger partial charge in [0.05, 0.1) is 30.0 Å². The average Bonchev–Trinajstić information content (AvgIpc) is 3.62. The highest BCUT2D eigenvalue weighted by Crippen LogP contribution is 2.54. The van der Waals surface area contributed by atoms with Gasteiger partial charge in [-0.15, -0.1) is 0 Å². The van der Waals surface area contributed by atoms with Crippen LogP contribution in [0.3, 0.4) is 0 Å². The Labute approximate surface area is 210 Å². The van der Waals surface area contributed by atoms with Crippen LogP contribution in [0.5, 0.6) is 0 Å². The fourth-order valence-corrected chi connectivity index (χ4v) is 5.94. The molecular formula is C27H31Cl2NO4. The van der Waals surface area contributed by atoms with Gasteiger partial charge in [-0.2, -0.15) is 0 Å². The third-order valence-corrected chi connectivity index (χ3v) is 7.86. The molecule has 0 bridgehead atoms. The summed E-state index contributed by atoms with van der Waals surface area (Å²) in [4.78, 5) is 27.9. The molecule has 5 nitrogen and oxygen atoms in total. The second-order valence-electron chi connectivity index (χ2n) is 10.0. The number of hydrogen-bond donors (Lipinski definition) is 2. The van der Waals surface area contributed by atoms with Crippen molar-refractivity contribution in [3.8, 4) is 0 Å². The van der Waals surface area contributed by atoms with Crippen LogP contribution in [0.4, 0.5) is 0 Å². The molecule has 7 heteroatoms. The highest BCUT2D eigenvalue weighted by Gasteiger charge is 2.55. The number of nitrogens with zero attached hydrogens (tertiary/aromatic N) is 1. The van der Waals surface area contributed by atoms with Crippen molar-refractivity contribution in [1.29, 1.82) is 0 Å². The van der Waals surface area contributed by atoms with Crippen LogP contribution >= 0.6 is 23.2 Å². The summed E-state index contributed by atoms with van der Waals surface area (Å²) in [6.45, 7) is 3.66. The standard InChI is InChI=1S/C27H31Cl2NO4/c1-3-22(31)25(17-7-8-17)30-24(16-9-11-19(28)12-10-16)21(18-5-4-6-20(29)13-18)14-27(2,26(30)34)15-23(32)33/h4-6,9-13,17,21-22,24-25,31H,3,7-8,14-15H2,1-2H3,(H,32,33)/t21-,22-,24-,25+,27+/m1/s1. The first-order chi connectivity index (χ1) is 16.1. The summed E-state index contributed by atoms with van der Waals surface area (Å²) in [5.41, 5.74) is 0.749. The molecule has 5 atom stereocenters. The number of aliphatic hydroxyl groups excluding tert-OH is 1. The third kappa shape index (κ3) is 4.98. The molecule has 1 aliphatic carbocycles. The minimum absolute atomic E-state index is 0.195. The van der Waals surface area contributed by atoms with Gasteiger partial charge in [-0.05, 0) is 67.0 Å². The number of halogens is 2. The first-order valence-corrected chi connectivity index (χ1v) is 12.6. The van der Waals surface area contributed by atoms with Crippen LogP contribution in [-0.2, 0) is 9.59 Å². The molecular weight excluding hydrogens is 473 g/mol. The number of carbonyl (C=O) groups excluding carboxylic acids is 1. The van der Waals surface area contributed by atoms with Gasteiger partial charge in [0.25, 0.3) is 0 Å². The predicted molar refractivity (Wildman–Crippen MR) is 133 cm³/mol. The Morgan fingerprint density at radius 3 is 2.35 bits per heavy atom. The van der Waals surface area contributed by atoms with Crippen LogP contribution in [0.25, 0.3) is 0 Å². The van der Waals surface area contributed by atoms with Crippen molar-refractivity contribution in [1.82, 2.24) is 4.90 Å². The smallest absolute Gasteiger partial charge is 0.304 e. The monoisotopic (exact) mass is 503 g/mol. The molecule has 0 radical (unpaired) electrons. The number of aliphatic carboxylic acids is 1. The first kappa shape index (κ1) is 25.0. The van der Waals surface area contributed by atoms with E-state index in [2.05, 4.69) is 0 Å². The number of rotatable bonds is 8. The molecule has 2 N–H and O–H groups in total. The van der Waals surface area contributed by atoms with Gasteiger partial charge in [0.1, 0.15) is 0 Å². The molecule has 34 heavy (non-hydrogen) atoms. The Bertz CT molecular complexity index is 1050. The summed E-state index contributed by atoms with van der Waals surface area (Å²) in [5, 5.41) is 22.0. The molecule has 2 aromatic carbocycles. The zero-order valence-electron chi connectivity index (χ0n) is 19.5. The van der Waals surface area contributed by atoms with E-state index in [1.807, 2.05) is 54.3 Å². The molecule has 0 unspecified atom stereocenters. The quantitative estimate of drug-likeness (QED) is 0.457. The van der Waals surface area contributed by atoms with E-state index in [9.17, 15) is 19.8 Å². The summed E-state index contributed by atoms with van der Waals surface area (Å²) < 4.78 is 0.